The average molecular weight is 421 g/mol. The van der Waals surface area contributed by atoms with Crippen LogP contribution in [0.15, 0.2) is 47.4 Å². The summed E-state index contributed by atoms with van der Waals surface area (Å²) in [7, 11) is 3.31. The Kier molecular flexibility index (Phi) is 7.64. The molecule has 0 aromatic heterocycles. The Morgan fingerprint density at radius 2 is 1.66 bits per heavy atom. The van der Waals surface area contributed by atoms with Crippen LogP contribution in [0.4, 0.5) is 5.69 Å². The number of ether oxygens (including phenoxy) is 1. The molecule has 0 saturated carbocycles. The summed E-state index contributed by atoms with van der Waals surface area (Å²) in [6, 6.07) is 12.1. The molecule has 0 bridgehead atoms. The van der Waals surface area contributed by atoms with E-state index in [-0.39, 0.29) is 24.0 Å². The minimum Gasteiger partial charge on any atom is -0.482 e. The molecule has 0 N–H and O–H groups in total. The molecule has 1 amide bonds. The standard InChI is InChI=1S/C21H28N2O5S/c1-16-6-9-18(10-7-16)29(25,26)28-13-12-17-8-11-20(19(14-17)22(2)3)27-15-21(24)23(4)5/h6-11,14H,12-13,15H2,1-5H3. The second-order valence-electron chi connectivity index (χ2n) is 7.11. The molecule has 2 aromatic carbocycles. The van der Waals surface area contributed by atoms with Gasteiger partial charge in [0.2, 0.25) is 0 Å². The number of hydrogen-bond donors (Lipinski definition) is 0. The molecule has 29 heavy (non-hydrogen) atoms. The summed E-state index contributed by atoms with van der Waals surface area (Å²) in [4.78, 5) is 15.2. The van der Waals surface area contributed by atoms with E-state index < -0.39 is 10.1 Å². The Hall–Kier alpha value is -2.58. The monoisotopic (exact) mass is 420 g/mol. The second kappa shape index (κ2) is 9.76. The van der Waals surface area contributed by atoms with Crippen molar-refractivity contribution in [2.45, 2.75) is 18.2 Å². The van der Waals surface area contributed by atoms with Gasteiger partial charge in [0.05, 0.1) is 17.2 Å². The molecule has 0 fully saturated rings. The highest BCUT2D eigenvalue weighted by Gasteiger charge is 2.15. The topological polar surface area (TPSA) is 76.2 Å². The Balaban J connectivity index is 2.03. The average Bonchev–Trinajstić information content (AvgIpc) is 2.66. The molecule has 8 heteroatoms. The second-order valence-corrected chi connectivity index (χ2v) is 8.73. The summed E-state index contributed by atoms with van der Waals surface area (Å²) in [6.45, 7) is 1.87. The number of aryl methyl sites for hydroxylation is 1. The van der Waals surface area contributed by atoms with Gasteiger partial charge in [-0.25, -0.2) is 0 Å². The molecule has 158 valence electrons. The molecule has 2 aromatic rings. The van der Waals surface area contributed by atoms with Gasteiger partial charge in [-0.2, -0.15) is 8.42 Å². The normalized spacial score (nSPS) is 11.2. The van der Waals surface area contributed by atoms with E-state index in [9.17, 15) is 13.2 Å². The van der Waals surface area contributed by atoms with Crippen LogP contribution in [0.3, 0.4) is 0 Å². The third kappa shape index (κ3) is 6.47. The number of rotatable bonds is 9. The molecule has 0 aliphatic carbocycles. The van der Waals surface area contributed by atoms with Crippen LogP contribution in [0.25, 0.3) is 0 Å². The zero-order valence-corrected chi connectivity index (χ0v) is 18.3. The minimum atomic E-state index is -3.79. The van der Waals surface area contributed by atoms with Gasteiger partial charge < -0.3 is 14.5 Å². The SMILES string of the molecule is Cc1ccc(S(=O)(=O)OCCc2ccc(OCC(=O)N(C)C)c(N(C)C)c2)cc1. The summed E-state index contributed by atoms with van der Waals surface area (Å²) in [6.07, 6.45) is 0.419. The van der Waals surface area contributed by atoms with Crippen molar-refractivity contribution in [2.75, 3.05) is 46.3 Å². The van der Waals surface area contributed by atoms with Gasteiger partial charge in [-0.15, -0.1) is 0 Å². The number of anilines is 1. The van der Waals surface area contributed by atoms with Crippen LogP contribution in [-0.4, -0.2) is 60.6 Å². The Morgan fingerprint density at radius 1 is 1.00 bits per heavy atom. The molecule has 0 heterocycles. The first-order chi connectivity index (χ1) is 13.6. The van der Waals surface area contributed by atoms with E-state index in [1.807, 2.05) is 38.1 Å². The van der Waals surface area contributed by atoms with E-state index in [0.29, 0.717) is 12.2 Å². The van der Waals surface area contributed by atoms with Crippen LogP contribution < -0.4 is 9.64 Å². The van der Waals surface area contributed by atoms with E-state index in [2.05, 4.69) is 0 Å². The van der Waals surface area contributed by atoms with Crippen molar-refractivity contribution in [1.29, 1.82) is 0 Å². The Labute approximate surface area is 173 Å². The number of carbonyl (C=O) groups is 1. The molecule has 2 rings (SSSR count). The van der Waals surface area contributed by atoms with Crippen LogP contribution in [0.1, 0.15) is 11.1 Å². The van der Waals surface area contributed by atoms with Crippen molar-refractivity contribution < 1.29 is 22.1 Å². The fourth-order valence-electron chi connectivity index (χ4n) is 2.50. The van der Waals surface area contributed by atoms with Gasteiger partial charge in [-0.3, -0.25) is 8.98 Å². The van der Waals surface area contributed by atoms with Crippen molar-refractivity contribution >= 4 is 21.7 Å². The van der Waals surface area contributed by atoms with Crippen molar-refractivity contribution in [3.8, 4) is 5.75 Å². The third-order valence-corrected chi connectivity index (χ3v) is 5.62. The summed E-state index contributed by atoms with van der Waals surface area (Å²) in [5, 5.41) is 0. The predicted octanol–water partition coefficient (Wildman–Crippen LogP) is 2.48. The highest BCUT2D eigenvalue weighted by atomic mass is 32.2. The maximum absolute atomic E-state index is 12.3. The molecule has 0 spiro atoms. The fourth-order valence-corrected chi connectivity index (χ4v) is 3.41. The van der Waals surface area contributed by atoms with E-state index in [1.54, 1.807) is 32.3 Å². The summed E-state index contributed by atoms with van der Waals surface area (Å²) < 4.78 is 35.4. The van der Waals surface area contributed by atoms with Crippen molar-refractivity contribution in [3.05, 3.63) is 53.6 Å². The largest absolute Gasteiger partial charge is 0.482 e. The van der Waals surface area contributed by atoms with E-state index >= 15 is 0 Å². The van der Waals surface area contributed by atoms with E-state index in [0.717, 1.165) is 16.8 Å². The lowest BCUT2D eigenvalue weighted by molar-refractivity contribution is -0.130. The highest BCUT2D eigenvalue weighted by molar-refractivity contribution is 7.86. The summed E-state index contributed by atoms with van der Waals surface area (Å²) >= 11 is 0. The highest BCUT2D eigenvalue weighted by Crippen LogP contribution is 2.28. The smallest absolute Gasteiger partial charge is 0.296 e. The van der Waals surface area contributed by atoms with Gasteiger partial charge in [-0.1, -0.05) is 23.8 Å². The van der Waals surface area contributed by atoms with Gasteiger partial charge in [0, 0.05) is 28.2 Å². The first-order valence-corrected chi connectivity index (χ1v) is 10.6. The first-order valence-electron chi connectivity index (χ1n) is 9.19. The van der Waals surface area contributed by atoms with Gasteiger partial charge in [0.15, 0.2) is 6.61 Å². The van der Waals surface area contributed by atoms with Crippen LogP contribution >= 0.6 is 0 Å². The number of benzene rings is 2. The third-order valence-electron chi connectivity index (χ3n) is 4.29. The number of hydrogen-bond acceptors (Lipinski definition) is 6. The van der Waals surface area contributed by atoms with E-state index in [1.165, 1.54) is 17.0 Å². The maximum atomic E-state index is 12.3. The first kappa shape index (κ1) is 22.7. The maximum Gasteiger partial charge on any atom is 0.296 e. The quantitative estimate of drug-likeness (QED) is 0.580. The lowest BCUT2D eigenvalue weighted by Crippen LogP contribution is -2.27. The molecule has 0 atom stereocenters. The molecule has 0 aliphatic heterocycles. The zero-order valence-electron chi connectivity index (χ0n) is 17.5. The van der Waals surface area contributed by atoms with Gasteiger partial charge in [0.25, 0.3) is 16.0 Å². The van der Waals surface area contributed by atoms with Crippen LogP contribution in [0.5, 0.6) is 5.75 Å². The lowest BCUT2D eigenvalue weighted by atomic mass is 10.1. The lowest BCUT2D eigenvalue weighted by Gasteiger charge is -2.19. The van der Waals surface area contributed by atoms with Crippen LogP contribution in [-0.2, 0) is 25.5 Å². The summed E-state index contributed by atoms with van der Waals surface area (Å²) in [5.41, 5.74) is 2.68. The van der Waals surface area contributed by atoms with Crippen molar-refractivity contribution in [2.24, 2.45) is 0 Å². The molecule has 0 unspecified atom stereocenters. The van der Waals surface area contributed by atoms with Gasteiger partial charge in [0.1, 0.15) is 5.75 Å². The fraction of sp³-hybridized carbons (Fsp3) is 0.381. The number of carbonyl (C=O) groups excluding carboxylic acids is 1. The van der Waals surface area contributed by atoms with Crippen molar-refractivity contribution in [1.82, 2.24) is 4.90 Å². The predicted molar refractivity (Wildman–Crippen MR) is 113 cm³/mol. The Bertz CT molecular complexity index is 938. The molecule has 0 radical (unpaired) electrons. The minimum absolute atomic E-state index is 0.0302. The molecule has 7 nitrogen and oxygen atoms in total. The van der Waals surface area contributed by atoms with Gasteiger partial charge in [-0.05, 0) is 43.2 Å². The molecule has 0 aliphatic rings. The number of likely N-dealkylation sites (N-methyl/N-ethyl adjacent to an activating group) is 1. The zero-order chi connectivity index (χ0) is 21.6. The van der Waals surface area contributed by atoms with Crippen molar-refractivity contribution in [3.63, 3.8) is 0 Å². The van der Waals surface area contributed by atoms with Gasteiger partial charge >= 0.3 is 0 Å². The number of amides is 1. The molecule has 0 saturated heterocycles. The number of nitrogens with zero attached hydrogens (tertiary/aromatic N) is 2. The van der Waals surface area contributed by atoms with Crippen LogP contribution in [0, 0.1) is 6.92 Å². The Morgan fingerprint density at radius 3 is 2.24 bits per heavy atom. The summed E-state index contributed by atoms with van der Waals surface area (Å²) in [5.74, 6) is 0.454. The van der Waals surface area contributed by atoms with Crippen LogP contribution in [0.2, 0.25) is 0 Å². The molecular formula is C21H28N2O5S. The van der Waals surface area contributed by atoms with E-state index in [4.69, 9.17) is 8.92 Å². The molecular weight excluding hydrogens is 392 g/mol.